The lowest BCUT2D eigenvalue weighted by atomic mass is 10.1. The summed E-state index contributed by atoms with van der Waals surface area (Å²) in [5.74, 6) is 0.463. The third-order valence-corrected chi connectivity index (χ3v) is 3.14. The van der Waals surface area contributed by atoms with Crippen LogP contribution in [-0.2, 0) is 4.74 Å². The number of amides is 1. The van der Waals surface area contributed by atoms with Crippen LogP contribution >= 0.6 is 0 Å². The molecule has 1 saturated heterocycles. The van der Waals surface area contributed by atoms with Crippen molar-refractivity contribution in [3.05, 3.63) is 17.8 Å². The van der Waals surface area contributed by atoms with E-state index in [1.165, 1.54) is 0 Å². The quantitative estimate of drug-likeness (QED) is 0.836. The van der Waals surface area contributed by atoms with E-state index in [-0.39, 0.29) is 18.1 Å². The lowest BCUT2D eigenvalue weighted by molar-refractivity contribution is 0.0709. The molecule has 1 aliphatic heterocycles. The summed E-state index contributed by atoms with van der Waals surface area (Å²) in [5.41, 5.74) is 0.325. The van der Waals surface area contributed by atoms with E-state index < -0.39 is 0 Å². The highest BCUT2D eigenvalue weighted by molar-refractivity contribution is 5.92. The van der Waals surface area contributed by atoms with Crippen LogP contribution in [0.2, 0.25) is 0 Å². The predicted molar refractivity (Wildman–Crippen MR) is 72.1 cm³/mol. The number of carbonyl (C=O) groups is 1. The van der Waals surface area contributed by atoms with Crippen molar-refractivity contribution in [1.29, 1.82) is 0 Å². The number of carbonyl (C=O) groups excluding carboxylic acids is 1. The standard InChI is InChI=1S/C13H20N4O2/c1-3-14-12-7-6-10(16-17-12)13(18)15-9(2)11-5-4-8-19-11/h6-7,9,11H,3-5,8H2,1-2H3,(H,14,17)(H,15,18). The zero-order valence-corrected chi connectivity index (χ0v) is 11.3. The Morgan fingerprint density at radius 1 is 1.53 bits per heavy atom. The van der Waals surface area contributed by atoms with Crippen molar-refractivity contribution in [2.24, 2.45) is 0 Å². The maximum Gasteiger partial charge on any atom is 0.272 e. The molecule has 2 rings (SSSR count). The van der Waals surface area contributed by atoms with Gasteiger partial charge in [0.2, 0.25) is 0 Å². The smallest absolute Gasteiger partial charge is 0.272 e. The van der Waals surface area contributed by atoms with Crippen molar-refractivity contribution < 1.29 is 9.53 Å². The summed E-state index contributed by atoms with van der Waals surface area (Å²) in [4.78, 5) is 12.0. The van der Waals surface area contributed by atoms with Gasteiger partial charge in [0, 0.05) is 13.2 Å². The SMILES string of the molecule is CCNc1ccc(C(=O)NC(C)C2CCCO2)nn1. The van der Waals surface area contributed by atoms with Crippen LogP contribution in [0, 0.1) is 0 Å². The number of ether oxygens (including phenoxy) is 1. The number of rotatable bonds is 5. The van der Waals surface area contributed by atoms with Gasteiger partial charge < -0.3 is 15.4 Å². The Labute approximate surface area is 112 Å². The highest BCUT2D eigenvalue weighted by Crippen LogP contribution is 2.15. The van der Waals surface area contributed by atoms with E-state index in [2.05, 4.69) is 20.8 Å². The lowest BCUT2D eigenvalue weighted by Gasteiger charge is -2.19. The van der Waals surface area contributed by atoms with Gasteiger partial charge in [-0.1, -0.05) is 0 Å². The minimum Gasteiger partial charge on any atom is -0.376 e. The Kier molecular flexibility index (Phi) is 4.68. The second kappa shape index (κ2) is 6.47. The van der Waals surface area contributed by atoms with E-state index in [4.69, 9.17) is 4.74 Å². The number of hydrogen-bond acceptors (Lipinski definition) is 5. The van der Waals surface area contributed by atoms with Crippen LogP contribution in [0.1, 0.15) is 37.2 Å². The fourth-order valence-corrected chi connectivity index (χ4v) is 2.10. The largest absolute Gasteiger partial charge is 0.376 e. The first-order chi connectivity index (χ1) is 9.20. The zero-order valence-electron chi connectivity index (χ0n) is 11.3. The molecule has 0 aliphatic carbocycles. The fraction of sp³-hybridized carbons (Fsp3) is 0.615. The second-order valence-electron chi connectivity index (χ2n) is 4.65. The number of hydrogen-bond donors (Lipinski definition) is 2. The maximum atomic E-state index is 12.0. The average molecular weight is 264 g/mol. The molecule has 0 saturated carbocycles. The van der Waals surface area contributed by atoms with Crippen LogP contribution < -0.4 is 10.6 Å². The van der Waals surface area contributed by atoms with E-state index in [1.54, 1.807) is 12.1 Å². The van der Waals surface area contributed by atoms with Crippen LogP contribution in [0.3, 0.4) is 0 Å². The van der Waals surface area contributed by atoms with Crippen molar-refractivity contribution in [2.45, 2.75) is 38.8 Å². The van der Waals surface area contributed by atoms with E-state index in [0.717, 1.165) is 26.0 Å². The van der Waals surface area contributed by atoms with Crippen LogP contribution in [0.4, 0.5) is 5.82 Å². The summed E-state index contributed by atoms with van der Waals surface area (Å²) in [6, 6.07) is 3.41. The summed E-state index contributed by atoms with van der Waals surface area (Å²) >= 11 is 0. The molecule has 0 spiro atoms. The molecule has 1 aromatic rings. The van der Waals surface area contributed by atoms with Gasteiger partial charge in [0.25, 0.3) is 5.91 Å². The van der Waals surface area contributed by atoms with Gasteiger partial charge in [0.1, 0.15) is 5.82 Å². The summed E-state index contributed by atoms with van der Waals surface area (Å²) in [6.45, 7) is 5.48. The van der Waals surface area contributed by atoms with Gasteiger partial charge in [-0.25, -0.2) is 0 Å². The molecule has 0 radical (unpaired) electrons. The molecule has 0 aromatic carbocycles. The molecule has 104 valence electrons. The molecule has 1 amide bonds. The van der Waals surface area contributed by atoms with Gasteiger partial charge >= 0.3 is 0 Å². The zero-order chi connectivity index (χ0) is 13.7. The molecule has 6 heteroatoms. The minimum atomic E-state index is -0.210. The molecule has 1 aliphatic rings. The van der Waals surface area contributed by atoms with Crippen molar-refractivity contribution in [2.75, 3.05) is 18.5 Å². The predicted octanol–water partition coefficient (Wildman–Crippen LogP) is 1.21. The van der Waals surface area contributed by atoms with Gasteiger partial charge in [-0.3, -0.25) is 4.79 Å². The summed E-state index contributed by atoms with van der Waals surface area (Å²) < 4.78 is 5.54. The summed E-state index contributed by atoms with van der Waals surface area (Å²) in [5, 5.41) is 13.8. The number of aromatic nitrogens is 2. The van der Waals surface area contributed by atoms with Crippen LogP contribution in [-0.4, -0.2) is 41.4 Å². The maximum absolute atomic E-state index is 12.0. The molecule has 0 bridgehead atoms. The molecule has 2 unspecified atom stereocenters. The number of nitrogens with zero attached hydrogens (tertiary/aromatic N) is 2. The Morgan fingerprint density at radius 2 is 2.37 bits per heavy atom. The molecular weight excluding hydrogens is 244 g/mol. The van der Waals surface area contributed by atoms with E-state index in [1.807, 2.05) is 13.8 Å². The van der Waals surface area contributed by atoms with Gasteiger partial charge in [-0.2, -0.15) is 0 Å². The monoisotopic (exact) mass is 264 g/mol. The first-order valence-electron chi connectivity index (χ1n) is 6.70. The normalized spacial score (nSPS) is 20.0. The van der Waals surface area contributed by atoms with E-state index in [0.29, 0.717) is 11.5 Å². The van der Waals surface area contributed by atoms with Gasteiger partial charge in [0.15, 0.2) is 5.69 Å². The topological polar surface area (TPSA) is 76.1 Å². The van der Waals surface area contributed by atoms with Crippen LogP contribution in [0.5, 0.6) is 0 Å². The number of anilines is 1. The molecule has 19 heavy (non-hydrogen) atoms. The Balaban J connectivity index is 1.91. The molecule has 1 fully saturated rings. The Morgan fingerprint density at radius 3 is 2.95 bits per heavy atom. The first kappa shape index (κ1) is 13.7. The Bertz CT molecular complexity index is 415. The second-order valence-corrected chi connectivity index (χ2v) is 4.65. The fourth-order valence-electron chi connectivity index (χ4n) is 2.10. The lowest BCUT2D eigenvalue weighted by Crippen LogP contribution is -2.41. The minimum absolute atomic E-state index is 0.00903. The summed E-state index contributed by atoms with van der Waals surface area (Å²) in [7, 11) is 0. The molecule has 2 N–H and O–H groups in total. The third kappa shape index (κ3) is 3.64. The molecule has 1 aromatic heterocycles. The number of nitrogens with one attached hydrogen (secondary N) is 2. The summed E-state index contributed by atoms with van der Waals surface area (Å²) in [6.07, 6.45) is 2.16. The molecule has 6 nitrogen and oxygen atoms in total. The average Bonchev–Trinajstić information content (AvgIpc) is 2.94. The molecule has 2 atom stereocenters. The first-order valence-corrected chi connectivity index (χ1v) is 6.70. The Hall–Kier alpha value is -1.69. The van der Waals surface area contributed by atoms with E-state index in [9.17, 15) is 4.79 Å². The third-order valence-electron chi connectivity index (χ3n) is 3.14. The molecular formula is C13H20N4O2. The van der Waals surface area contributed by atoms with Crippen LogP contribution in [0.25, 0.3) is 0 Å². The van der Waals surface area contributed by atoms with Crippen molar-refractivity contribution in [3.63, 3.8) is 0 Å². The van der Waals surface area contributed by atoms with E-state index >= 15 is 0 Å². The molecule has 2 heterocycles. The highest BCUT2D eigenvalue weighted by Gasteiger charge is 2.24. The van der Waals surface area contributed by atoms with Crippen LogP contribution in [0.15, 0.2) is 12.1 Å². The van der Waals surface area contributed by atoms with Gasteiger partial charge in [-0.05, 0) is 38.8 Å². The van der Waals surface area contributed by atoms with Crippen molar-refractivity contribution in [3.8, 4) is 0 Å². The van der Waals surface area contributed by atoms with Gasteiger partial charge in [0.05, 0.1) is 12.1 Å². The highest BCUT2D eigenvalue weighted by atomic mass is 16.5. The van der Waals surface area contributed by atoms with Crippen molar-refractivity contribution >= 4 is 11.7 Å². The van der Waals surface area contributed by atoms with Gasteiger partial charge in [-0.15, -0.1) is 10.2 Å². The van der Waals surface area contributed by atoms with Crippen molar-refractivity contribution in [1.82, 2.24) is 15.5 Å².